The van der Waals surface area contributed by atoms with Crippen LogP contribution in [0.15, 0.2) is 24.4 Å². The molecule has 0 radical (unpaired) electrons. The molecule has 3 aromatic rings. The highest BCUT2D eigenvalue weighted by Crippen LogP contribution is 2.46. The third kappa shape index (κ3) is 4.94. The van der Waals surface area contributed by atoms with E-state index < -0.39 is 24.1 Å². The van der Waals surface area contributed by atoms with E-state index in [-0.39, 0.29) is 29.3 Å². The van der Waals surface area contributed by atoms with Gasteiger partial charge in [-0.05, 0) is 69.2 Å². The van der Waals surface area contributed by atoms with E-state index in [1.807, 2.05) is 25.1 Å². The van der Waals surface area contributed by atoms with Crippen LogP contribution in [0.5, 0.6) is 0 Å². The number of hydrogen-bond acceptors (Lipinski definition) is 7. The number of benzene rings is 1. The molecule has 3 atom stereocenters. The van der Waals surface area contributed by atoms with E-state index in [2.05, 4.69) is 9.88 Å². The van der Waals surface area contributed by atoms with Gasteiger partial charge in [0.25, 0.3) is 0 Å². The van der Waals surface area contributed by atoms with Crippen molar-refractivity contribution in [3.63, 3.8) is 0 Å². The number of ether oxygens (including phenoxy) is 2. The summed E-state index contributed by atoms with van der Waals surface area (Å²) in [6.07, 6.45) is 5.54. The Labute approximate surface area is 241 Å². The summed E-state index contributed by atoms with van der Waals surface area (Å²) in [6, 6.07) is 5.65. The maximum absolute atomic E-state index is 14.9. The molecule has 2 aromatic heterocycles. The Kier molecular flexibility index (Phi) is 7.65. The summed E-state index contributed by atoms with van der Waals surface area (Å²) >= 11 is 7.82. The highest BCUT2D eigenvalue weighted by molar-refractivity contribution is 7.19. The van der Waals surface area contributed by atoms with Gasteiger partial charge in [-0.2, -0.15) is 0 Å². The van der Waals surface area contributed by atoms with Gasteiger partial charge in [0, 0.05) is 53.8 Å². The lowest BCUT2D eigenvalue weighted by atomic mass is 9.91. The first-order chi connectivity index (χ1) is 19.3. The van der Waals surface area contributed by atoms with Gasteiger partial charge in [0.05, 0.1) is 28.3 Å². The number of carbonyl (C=O) groups is 1. The first-order valence-electron chi connectivity index (χ1n) is 13.8. The van der Waals surface area contributed by atoms with Gasteiger partial charge in [0.2, 0.25) is 0 Å². The fourth-order valence-corrected chi connectivity index (χ4v) is 7.78. The van der Waals surface area contributed by atoms with Crippen LogP contribution in [-0.4, -0.2) is 70.4 Å². The summed E-state index contributed by atoms with van der Waals surface area (Å²) in [4.78, 5) is 20.7. The van der Waals surface area contributed by atoms with E-state index in [1.54, 1.807) is 6.20 Å². The fraction of sp³-hybridized carbons (Fsp3) is 0.517. The van der Waals surface area contributed by atoms with Gasteiger partial charge in [0.15, 0.2) is 12.1 Å². The predicted octanol–water partition coefficient (Wildman–Crippen LogP) is 6.05. The van der Waals surface area contributed by atoms with Crippen LogP contribution in [0.4, 0.5) is 14.9 Å². The number of nitrogens with zero attached hydrogens (tertiary/aromatic N) is 3. The minimum absolute atomic E-state index is 0.0821. The minimum Gasteiger partial charge on any atom is -0.465 e. The van der Waals surface area contributed by atoms with Gasteiger partial charge in [-0.3, -0.25) is 9.88 Å². The smallest absolute Gasteiger partial charge is 0.407 e. The Morgan fingerprint density at radius 3 is 2.92 bits per heavy atom. The second-order valence-electron chi connectivity index (χ2n) is 11.1. The van der Waals surface area contributed by atoms with E-state index in [0.29, 0.717) is 29.3 Å². The number of hydrogen-bond donors (Lipinski definition) is 2. The molecular weight excluding hydrogens is 557 g/mol. The standard InChI is InChI=1S/C29H33ClFN3O5S/c1-29(16-39-23-6-2-3-10-38-23)13-19(14-34(29)28(36)37)33-9-4-5-17-11-18(30)12-21(26(17)33)20-7-8-32-25-24(31)22(15-35)40-27(20)25/h7-8,11-12,19,23,35H,2-6,9-10,13-16H2,1H3,(H,36,37)/t19-,23?,29+/m0/s1. The third-order valence-electron chi connectivity index (χ3n) is 8.41. The number of aryl methyl sites for hydroxylation is 1. The Balaban J connectivity index is 1.38. The monoisotopic (exact) mass is 589 g/mol. The minimum atomic E-state index is -0.965. The van der Waals surface area contributed by atoms with Crippen LogP contribution >= 0.6 is 22.9 Å². The molecule has 0 aliphatic carbocycles. The molecule has 2 fully saturated rings. The maximum Gasteiger partial charge on any atom is 0.407 e. The number of anilines is 1. The molecule has 1 amide bonds. The number of aliphatic hydroxyl groups is 1. The maximum atomic E-state index is 14.9. The van der Waals surface area contributed by atoms with Crippen LogP contribution in [0.2, 0.25) is 5.02 Å². The molecule has 5 heterocycles. The average Bonchev–Trinajstić information content (AvgIpc) is 3.48. The number of aliphatic hydroxyl groups excluding tert-OH is 1. The van der Waals surface area contributed by atoms with Crippen LogP contribution in [0.1, 0.15) is 49.5 Å². The molecule has 3 aliphatic heterocycles. The van der Waals surface area contributed by atoms with E-state index in [4.69, 9.17) is 21.1 Å². The van der Waals surface area contributed by atoms with E-state index in [1.165, 1.54) is 16.2 Å². The summed E-state index contributed by atoms with van der Waals surface area (Å²) < 4.78 is 27.5. The zero-order valence-corrected chi connectivity index (χ0v) is 23.9. The van der Waals surface area contributed by atoms with Crippen molar-refractivity contribution in [2.45, 2.75) is 69.9 Å². The van der Waals surface area contributed by atoms with Gasteiger partial charge in [-0.1, -0.05) is 11.6 Å². The molecule has 0 bridgehead atoms. The fourth-order valence-electron chi connectivity index (χ4n) is 6.51. The SMILES string of the molecule is C[C@]1(COC2CCCCO2)C[C@H](N2CCCc3cc(Cl)cc(-c4ccnc5c(F)c(CO)sc45)c32)CN1C(=O)O. The zero-order chi connectivity index (χ0) is 28.0. The number of aromatic nitrogens is 1. The predicted molar refractivity (Wildman–Crippen MR) is 153 cm³/mol. The molecule has 8 nitrogen and oxygen atoms in total. The van der Waals surface area contributed by atoms with Gasteiger partial charge < -0.3 is 24.6 Å². The van der Waals surface area contributed by atoms with Gasteiger partial charge in [0.1, 0.15) is 5.52 Å². The molecule has 1 aromatic carbocycles. The van der Waals surface area contributed by atoms with Crippen molar-refractivity contribution in [2.75, 3.05) is 31.2 Å². The molecule has 0 spiro atoms. The molecule has 214 valence electrons. The Morgan fingerprint density at radius 2 is 2.17 bits per heavy atom. The molecular formula is C29H33ClFN3O5S. The molecule has 3 aliphatic rings. The number of fused-ring (bicyclic) bond motifs is 2. The van der Waals surface area contributed by atoms with Crippen molar-refractivity contribution in [1.29, 1.82) is 0 Å². The lowest BCUT2D eigenvalue weighted by Crippen LogP contribution is -2.48. The topological polar surface area (TPSA) is 95.4 Å². The van der Waals surface area contributed by atoms with Crippen LogP contribution < -0.4 is 4.90 Å². The number of thiophene rings is 1. The summed E-state index contributed by atoms with van der Waals surface area (Å²) in [6.45, 7) is 3.59. The summed E-state index contributed by atoms with van der Waals surface area (Å²) in [5.74, 6) is -0.497. The van der Waals surface area contributed by atoms with Crippen LogP contribution in [0.3, 0.4) is 0 Å². The molecule has 2 saturated heterocycles. The van der Waals surface area contributed by atoms with Crippen molar-refractivity contribution in [3.05, 3.63) is 45.7 Å². The van der Waals surface area contributed by atoms with E-state index >= 15 is 0 Å². The molecule has 2 N–H and O–H groups in total. The number of carboxylic acid groups (broad SMARTS) is 1. The highest BCUT2D eigenvalue weighted by Gasteiger charge is 2.48. The van der Waals surface area contributed by atoms with E-state index in [9.17, 15) is 19.4 Å². The Bertz CT molecular complexity index is 1430. The lowest BCUT2D eigenvalue weighted by molar-refractivity contribution is -0.176. The zero-order valence-electron chi connectivity index (χ0n) is 22.4. The quantitative estimate of drug-likeness (QED) is 0.361. The van der Waals surface area contributed by atoms with Gasteiger partial charge in [-0.15, -0.1) is 11.3 Å². The van der Waals surface area contributed by atoms with Crippen molar-refractivity contribution in [3.8, 4) is 11.1 Å². The van der Waals surface area contributed by atoms with Crippen LogP contribution in [0.25, 0.3) is 21.3 Å². The van der Waals surface area contributed by atoms with Crippen LogP contribution in [0, 0.1) is 5.82 Å². The summed E-state index contributed by atoms with van der Waals surface area (Å²) in [7, 11) is 0. The van der Waals surface area contributed by atoms with Gasteiger partial charge >= 0.3 is 6.09 Å². The van der Waals surface area contributed by atoms with E-state index in [0.717, 1.165) is 61.0 Å². The first kappa shape index (κ1) is 27.7. The summed E-state index contributed by atoms with van der Waals surface area (Å²) in [5, 5.41) is 20.5. The number of amides is 1. The lowest BCUT2D eigenvalue weighted by Gasteiger charge is -2.38. The first-order valence-corrected chi connectivity index (χ1v) is 15.0. The second-order valence-corrected chi connectivity index (χ2v) is 12.7. The molecule has 11 heteroatoms. The average molecular weight is 590 g/mol. The normalized spacial score (nSPS) is 25.0. The number of pyridine rings is 1. The third-order valence-corrected chi connectivity index (χ3v) is 9.80. The van der Waals surface area contributed by atoms with Gasteiger partial charge in [-0.25, -0.2) is 9.18 Å². The Morgan fingerprint density at radius 1 is 1.32 bits per heavy atom. The molecule has 1 unspecified atom stereocenters. The number of likely N-dealkylation sites (tertiary alicyclic amines) is 1. The molecule has 0 saturated carbocycles. The molecule has 6 rings (SSSR count). The number of rotatable bonds is 6. The number of halogens is 2. The van der Waals surface area contributed by atoms with Crippen molar-refractivity contribution in [2.24, 2.45) is 0 Å². The Hall–Kier alpha value is -2.50. The van der Waals surface area contributed by atoms with Crippen LogP contribution in [-0.2, 0) is 22.5 Å². The van der Waals surface area contributed by atoms with Crippen molar-refractivity contribution in [1.82, 2.24) is 9.88 Å². The second kappa shape index (κ2) is 11.1. The van der Waals surface area contributed by atoms with Crippen molar-refractivity contribution >= 4 is 44.9 Å². The summed E-state index contributed by atoms with van der Waals surface area (Å²) in [5.41, 5.74) is 3.27. The van der Waals surface area contributed by atoms with Crippen molar-refractivity contribution < 1.29 is 28.9 Å². The highest BCUT2D eigenvalue weighted by atomic mass is 35.5. The largest absolute Gasteiger partial charge is 0.465 e. The molecule has 40 heavy (non-hydrogen) atoms.